The van der Waals surface area contributed by atoms with Crippen molar-refractivity contribution in [2.45, 2.75) is 44.3 Å². The second-order valence-electron chi connectivity index (χ2n) is 9.59. The van der Waals surface area contributed by atoms with Gasteiger partial charge in [-0.25, -0.2) is 4.68 Å². The Labute approximate surface area is 233 Å². The van der Waals surface area contributed by atoms with E-state index in [4.69, 9.17) is 11.6 Å². The third kappa shape index (κ3) is 5.14. The van der Waals surface area contributed by atoms with E-state index in [0.717, 1.165) is 24.8 Å². The van der Waals surface area contributed by atoms with Crippen LogP contribution in [-0.2, 0) is 0 Å². The van der Waals surface area contributed by atoms with Crippen LogP contribution in [0.3, 0.4) is 0 Å². The maximum atomic E-state index is 9.98. The lowest BCUT2D eigenvalue weighted by Gasteiger charge is -2.22. The molecule has 0 spiro atoms. The minimum atomic E-state index is -1.50. The number of halogens is 1. The summed E-state index contributed by atoms with van der Waals surface area (Å²) in [6.07, 6.45) is 9.59. The number of nitrogens with zero attached hydrogens (tertiary/aromatic N) is 6. The molecular weight excluding hydrogens is 508 g/mol. The van der Waals surface area contributed by atoms with Gasteiger partial charge in [-0.15, -0.1) is 5.10 Å². The molecule has 1 saturated carbocycles. The Morgan fingerprint density at radius 3 is 2.67 bits per heavy atom. The third-order valence-electron chi connectivity index (χ3n) is 6.88. The van der Waals surface area contributed by atoms with Gasteiger partial charge in [-0.3, -0.25) is 9.97 Å². The van der Waals surface area contributed by atoms with E-state index >= 15 is 0 Å². The van der Waals surface area contributed by atoms with E-state index < -0.39 is 6.02 Å². The van der Waals surface area contributed by atoms with Gasteiger partial charge < -0.3 is 10.6 Å². The molecule has 3 heterocycles. The van der Waals surface area contributed by atoms with Crippen LogP contribution in [0, 0.1) is 11.3 Å². The van der Waals surface area contributed by atoms with Gasteiger partial charge in [-0.1, -0.05) is 60.1 Å². The third-order valence-corrected chi connectivity index (χ3v) is 7.17. The lowest BCUT2D eigenvalue weighted by molar-refractivity contribution is 0.610. The molecule has 3 aromatic heterocycles. The predicted molar refractivity (Wildman–Crippen MR) is 153 cm³/mol. The Hall–Kier alpha value is -4.48. The number of nitriles is 1. The van der Waals surface area contributed by atoms with Crippen molar-refractivity contribution in [2.24, 2.45) is 0 Å². The number of aromatic nitrogens is 5. The molecule has 0 saturated heterocycles. The first-order valence-corrected chi connectivity index (χ1v) is 13.3. The van der Waals surface area contributed by atoms with Crippen LogP contribution >= 0.6 is 11.6 Å². The number of hydrogen-bond acceptors (Lipinski definition) is 7. The van der Waals surface area contributed by atoms with Crippen LogP contribution in [0.1, 0.15) is 68.0 Å². The van der Waals surface area contributed by atoms with Gasteiger partial charge in [0.05, 0.1) is 47.5 Å². The van der Waals surface area contributed by atoms with Crippen LogP contribution in [-0.4, -0.2) is 25.0 Å². The Bertz CT molecular complexity index is 1700. The van der Waals surface area contributed by atoms with E-state index in [1.165, 1.54) is 0 Å². The summed E-state index contributed by atoms with van der Waals surface area (Å²) in [7, 11) is 0. The molecule has 0 radical (unpaired) electrons. The zero-order valence-corrected chi connectivity index (χ0v) is 22.1. The number of anilines is 2. The number of benzene rings is 2. The fourth-order valence-electron chi connectivity index (χ4n) is 4.70. The molecule has 1 fully saturated rings. The summed E-state index contributed by atoms with van der Waals surface area (Å²) in [5, 5.41) is 26.6. The molecule has 0 amide bonds. The highest BCUT2D eigenvalue weighted by atomic mass is 35.5. The maximum Gasteiger partial charge on any atom is 0.110 e. The topological polar surface area (TPSA) is 104 Å². The van der Waals surface area contributed by atoms with Gasteiger partial charge in [0, 0.05) is 29.7 Å². The van der Waals surface area contributed by atoms with Crippen molar-refractivity contribution in [3.05, 3.63) is 107 Å². The SMILES string of the molecule is [2H]C(Nc1cc(Cl)c2ncc(C#N)c(N[C@H](CC)c3ccccc3)c2c1)(c1cccnc1)c1cn(C2CC2)nn1. The summed E-state index contributed by atoms with van der Waals surface area (Å²) in [5.41, 5.74) is 4.35. The van der Waals surface area contributed by atoms with Gasteiger partial charge in [0.25, 0.3) is 0 Å². The van der Waals surface area contributed by atoms with Crippen molar-refractivity contribution < 1.29 is 1.37 Å². The van der Waals surface area contributed by atoms with Gasteiger partial charge in [-0.2, -0.15) is 5.26 Å². The molecule has 1 unspecified atom stereocenters. The van der Waals surface area contributed by atoms with Crippen molar-refractivity contribution in [2.75, 3.05) is 10.6 Å². The van der Waals surface area contributed by atoms with Gasteiger partial charge in [-0.05, 0) is 48.6 Å². The van der Waals surface area contributed by atoms with Crippen molar-refractivity contribution in [1.82, 2.24) is 25.0 Å². The Morgan fingerprint density at radius 1 is 1.13 bits per heavy atom. The molecule has 8 nitrogen and oxygen atoms in total. The Kier molecular flexibility index (Phi) is 6.49. The van der Waals surface area contributed by atoms with Crippen molar-refractivity contribution >= 4 is 33.9 Å². The molecule has 2 N–H and O–H groups in total. The lowest BCUT2D eigenvalue weighted by Crippen LogP contribution is -2.14. The molecule has 39 heavy (non-hydrogen) atoms. The number of rotatable bonds is 9. The Balaban J connectivity index is 1.45. The molecule has 6 rings (SSSR count). The molecule has 2 atom stereocenters. The summed E-state index contributed by atoms with van der Waals surface area (Å²) in [5.74, 6) is 0. The largest absolute Gasteiger partial charge is 0.377 e. The average Bonchev–Trinajstić information content (AvgIpc) is 3.72. The van der Waals surface area contributed by atoms with E-state index in [2.05, 4.69) is 56.0 Å². The molecular formula is C30H27ClN8. The predicted octanol–water partition coefficient (Wildman–Crippen LogP) is 6.85. The number of fused-ring (bicyclic) bond motifs is 1. The van der Waals surface area contributed by atoms with Crippen LogP contribution in [0.4, 0.5) is 11.4 Å². The van der Waals surface area contributed by atoms with Gasteiger partial charge in [0.15, 0.2) is 0 Å². The number of nitrogens with one attached hydrogen (secondary N) is 2. The molecule has 1 aliphatic carbocycles. The summed E-state index contributed by atoms with van der Waals surface area (Å²) in [6.45, 7) is 2.09. The van der Waals surface area contributed by atoms with E-state index in [1.807, 2.05) is 41.2 Å². The second-order valence-corrected chi connectivity index (χ2v) is 9.99. The van der Waals surface area contributed by atoms with Crippen LogP contribution in [0.25, 0.3) is 10.9 Å². The van der Waals surface area contributed by atoms with E-state index in [0.29, 0.717) is 50.2 Å². The average molecular weight is 536 g/mol. The Morgan fingerprint density at radius 2 is 1.95 bits per heavy atom. The minimum absolute atomic E-state index is 0.0302. The smallest absolute Gasteiger partial charge is 0.110 e. The highest BCUT2D eigenvalue weighted by Gasteiger charge is 2.27. The zero-order chi connectivity index (χ0) is 27.7. The molecule has 194 valence electrons. The standard InChI is InChI=1S/C30H27ClN8/c1-2-26(19-7-4-3-5-8-19)36-28-21(15-32)17-34-30-24(28)13-22(14-25(30)31)35-29(20-9-6-12-33-16-20)27-18-39(38-37-27)23-10-11-23/h3-9,12-14,16-18,23,26,29,35H,2,10-11H2,1H3,(H,34,36)/t26-,29?/m1/s1/i29D. The second kappa shape index (κ2) is 10.7. The molecule has 5 aromatic rings. The van der Waals surface area contributed by atoms with Gasteiger partial charge in [0.1, 0.15) is 11.8 Å². The van der Waals surface area contributed by atoms with Crippen molar-refractivity contribution in [3.8, 4) is 6.07 Å². The molecule has 0 aliphatic heterocycles. The summed E-state index contributed by atoms with van der Waals surface area (Å²) < 4.78 is 11.4. The van der Waals surface area contributed by atoms with Gasteiger partial charge in [0.2, 0.25) is 0 Å². The molecule has 9 heteroatoms. The van der Waals surface area contributed by atoms with Crippen molar-refractivity contribution in [3.63, 3.8) is 0 Å². The summed E-state index contributed by atoms with van der Waals surface area (Å²) in [4.78, 5) is 8.75. The maximum absolute atomic E-state index is 9.98. The first-order chi connectivity index (χ1) is 19.5. The van der Waals surface area contributed by atoms with E-state index in [1.54, 1.807) is 30.7 Å². The van der Waals surface area contributed by atoms with Crippen LogP contribution < -0.4 is 10.6 Å². The summed E-state index contributed by atoms with van der Waals surface area (Å²) >= 11 is 6.77. The first kappa shape index (κ1) is 23.6. The summed E-state index contributed by atoms with van der Waals surface area (Å²) in [6, 6.07) is 18.4. The number of pyridine rings is 2. The fourth-order valence-corrected chi connectivity index (χ4v) is 4.97. The van der Waals surface area contributed by atoms with E-state index in [-0.39, 0.29) is 6.04 Å². The molecule has 2 aromatic carbocycles. The minimum Gasteiger partial charge on any atom is -0.377 e. The monoisotopic (exact) mass is 535 g/mol. The highest BCUT2D eigenvalue weighted by Crippen LogP contribution is 2.38. The first-order valence-electron chi connectivity index (χ1n) is 13.4. The lowest BCUT2D eigenvalue weighted by atomic mass is 10.0. The van der Waals surface area contributed by atoms with Crippen LogP contribution in [0.15, 0.2) is 79.4 Å². The fraction of sp³-hybridized carbons (Fsp3) is 0.233. The zero-order valence-electron chi connectivity index (χ0n) is 22.3. The van der Waals surface area contributed by atoms with Crippen LogP contribution in [0.2, 0.25) is 5.02 Å². The van der Waals surface area contributed by atoms with E-state index in [9.17, 15) is 6.63 Å². The quantitative estimate of drug-likeness (QED) is 0.213. The van der Waals surface area contributed by atoms with Gasteiger partial charge >= 0.3 is 0 Å². The number of hydrogen-bond donors (Lipinski definition) is 2. The van der Waals surface area contributed by atoms with Crippen molar-refractivity contribution in [1.29, 1.82) is 5.26 Å². The normalized spacial score (nSPS) is 15.7. The molecule has 1 aliphatic rings. The highest BCUT2D eigenvalue weighted by molar-refractivity contribution is 6.35. The van der Waals surface area contributed by atoms with Crippen LogP contribution in [0.5, 0.6) is 0 Å². The molecule has 0 bridgehead atoms.